The molecule has 0 unspecified atom stereocenters. The van der Waals surface area contributed by atoms with Crippen LogP contribution >= 0.6 is 0 Å². The Bertz CT molecular complexity index is 785. The molecule has 3 heteroatoms. The molecule has 3 aromatic rings. The summed E-state index contributed by atoms with van der Waals surface area (Å²) >= 11 is 0. The molecule has 0 aliphatic carbocycles. The van der Waals surface area contributed by atoms with E-state index < -0.39 is 0 Å². The fourth-order valence-corrected chi connectivity index (χ4v) is 2.46. The van der Waals surface area contributed by atoms with E-state index in [4.69, 9.17) is 4.74 Å². The summed E-state index contributed by atoms with van der Waals surface area (Å²) in [4.78, 5) is 4.24. The van der Waals surface area contributed by atoms with Crippen LogP contribution in [0.15, 0.2) is 67.0 Å². The van der Waals surface area contributed by atoms with Gasteiger partial charge in [-0.1, -0.05) is 30.3 Å². The highest BCUT2D eigenvalue weighted by Crippen LogP contribution is 2.27. The molecular weight excluding hydrogens is 286 g/mol. The second-order valence-electron chi connectivity index (χ2n) is 5.55. The number of aryl methyl sites for hydroxylation is 1. The van der Waals surface area contributed by atoms with Crippen LogP contribution in [-0.4, -0.2) is 10.1 Å². The summed E-state index contributed by atoms with van der Waals surface area (Å²) in [6.45, 7) is 2.50. The van der Waals surface area contributed by atoms with Gasteiger partial charge in [-0.05, 0) is 53.4 Å². The number of benzene rings is 2. The van der Waals surface area contributed by atoms with Crippen molar-refractivity contribution in [2.45, 2.75) is 20.1 Å². The lowest BCUT2D eigenvalue weighted by Gasteiger charge is -2.11. The molecule has 0 radical (unpaired) electrons. The number of aromatic nitrogens is 1. The number of hydrogen-bond acceptors (Lipinski definition) is 3. The molecule has 0 aliphatic heterocycles. The maximum absolute atomic E-state index is 9.50. The van der Waals surface area contributed by atoms with E-state index in [0.717, 1.165) is 33.6 Å². The van der Waals surface area contributed by atoms with Gasteiger partial charge in [0.25, 0.3) is 0 Å². The van der Waals surface area contributed by atoms with Gasteiger partial charge in [-0.25, -0.2) is 0 Å². The molecule has 0 saturated heterocycles. The van der Waals surface area contributed by atoms with E-state index in [0.29, 0.717) is 6.61 Å². The first-order valence-electron chi connectivity index (χ1n) is 7.58. The van der Waals surface area contributed by atoms with Crippen molar-refractivity contribution < 1.29 is 9.84 Å². The van der Waals surface area contributed by atoms with Gasteiger partial charge in [0.1, 0.15) is 12.4 Å². The molecule has 0 saturated carbocycles. The molecule has 2 aromatic carbocycles. The van der Waals surface area contributed by atoms with Crippen molar-refractivity contribution in [2.24, 2.45) is 0 Å². The number of aliphatic hydroxyl groups excluding tert-OH is 1. The van der Waals surface area contributed by atoms with Crippen LogP contribution in [0.3, 0.4) is 0 Å². The summed E-state index contributed by atoms with van der Waals surface area (Å²) < 4.78 is 5.90. The Morgan fingerprint density at radius 3 is 2.48 bits per heavy atom. The molecule has 0 fully saturated rings. The highest BCUT2D eigenvalue weighted by molar-refractivity contribution is 5.66. The van der Waals surface area contributed by atoms with Crippen molar-refractivity contribution in [3.05, 3.63) is 83.7 Å². The second-order valence-corrected chi connectivity index (χ2v) is 5.55. The molecule has 0 bridgehead atoms. The largest absolute Gasteiger partial charge is 0.489 e. The third-order valence-electron chi connectivity index (χ3n) is 3.61. The highest BCUT2D eigenvalue weighted by Gasteiger charge is 2.05. The Balaban J connectivity index is 1.87. The fourth-order valence-electron chi connectivity index (χ4n) is 2.46. The van der Waals surface area contributed by atoms with Crippen molar-refractivity contribution in [3.8, 4) is 16.9 Å². The van der Waals surface area contributed by atoms with E-state index in [9.17, 15) is 5.11 Å². The van der Waals surface area contributed by atoms with Crippen LogP contribution in [0.1, 0.15) is 16.7 Å². The Morgan fingerprint density at radius 1 is 0.913 bits per heavy atom. The first-order valence-corrected chi connectivity index (χ1v) is 7.58. The van der Waals surface area contributed by atoms with E-state index in [-0.39, 0.29) is 6.61 Å². The molecule has 0 amide bonds. The Labute approximate surface area is 136 Å². The number of pyridine rings is 1. The van der Waals surface area contributed by atoms with E-state index in [2.05, 4.69) is 11.1 Å². The minimum Gasteiger partial charge on any atom is -0.489 e. The first-order chi connectivity index (χ1) is 11.2. The van der Waals surface area contributed by atoms with Gasteiger partial charge in [-0.3, -0.25) is 4.98 Å². The van der Waals surface area contributed by atoms with Crippen LogP contribution < -0.4 is 4.74 Å². The lowest BCUT2D eigenvalue weighted by Crippen LogP contribution is -1.97. The topological polar surface area (TPSA) is 42.4 Å². The number of nitrogens with zero attached hydrogens (tertiary/aromatic N) is 1. The predicted octanol–water partition coefficient (Wildman–Crippen LogP) is 4.13. The van der Waals surface area contributed by atoms with Crippen molar-refractivity contribution in [3.63, 3.8) is 0 Å². The second kappa shape index (κ2) is 7.07. The zero-order valence-electron chi connectivity index (χ0n) is 13.1. The fraction of sp³-hybridized carbons (Fsp3) is 0.150. The molecule has 0 aliphatic rings. The van der Waals surface area contributed by atoms with Gasteiger partial charge in [-0.2, -0.15) is 0 Å². The summed E-state index contributed by atoms with van der Waals surface area (Å²) in [6, 6.07) is 17.9. The summed E-state index contributed by atoms with van der Waals surface area (Å²) in [7, 11) is 0. The van der Waals surface area contributed by atoms with E-state index in [1.165, 1.54) is 0 Å². The van der Waals surface area contributed by atoms with Crippen LogP contribution in [-0.2, 0) is 13.2 Å². The van der Waals surface area contributed by atoms with Gasteiger partial charge in [-0.15, -0.1) is 0 Å². The van der Waals surface area contributed by atoms with E-state index >= 15 is 0 Å². The Kier molecular flexibility index (Phi) is 4.69. The first kappa shape index (κ1) is 15.3. The normalized spacial score (nSPS) is 10.5. The lowest BCUT2D eigenvalue weighted by molar-refractivity contribution is 0.278. The molecule has 116 valence electrons. The van der Waals surface area contributed by atoms with Crippen molar-refractivity contribution >= 4 is 0 Å². The molecular formula is C20H19NO2. The van der Waals surface area contributed by atoms with Gasteiger partial charge in [0.2, 0.25) is 0 Å². The average Bonchev–Trinajstić information content (AvgIpc) is 2.60. The molecule has 23 heavy (non-hydrogen) atoms. The summed E-state index contributed by atoms with van der Waals surface area (Å²) in [5.41, 5.74) is 5.05. The van der Waals surface area contributed by atoms with Gasteiger partial charge in [0.15, 0.2) is 0 Å². The van der Waals surface area contributed by atoms with Crippen LogP contribution in [0.25, 0.3) is 11.1 Å². The molecule has 1 heterocycles. The minimum atomic E-state index is -0.0191. The molecule has 3 nitrogen and oxygen atoms in total. The van der Waals surface area contributed by atoms with Crippen LogP contribution in [0.4, 0.5) is 0 Å². The summed E-state index contributed by atoms with van der Waals surface area (Å²) in [6.07, 6.45) is 3.65. The van der Waals surface area contributed by atoms with Gasteiger partial charge >= 0.3 is 0 Å². The third-order valence-corrected chi connectivity index (χ3v) is 3.61. The SMILES string of the molecule is Cc1cncc(-c2cc(CO)cc(OCc3ccccc3)c2)c1. The van der Waals surface area contributed by atoms with Crippen LogP contribution in [0.5, 0.6) is 5.75 Å². The standard InChI is InChI=1S/C20H19NO2/c1-15-7-19(12-21-11-15)18-8-17(13-22)9-20(10-18)23-14-16-5-3-2-4-6-16/h2-12,22H,13-14H2,1H3. The molecule has 0 spiro atoms. The summed E-state index contributed by atoms with van der Waals surface area (Å²) in [5.74, 6) is 0.747. The maximum atomic E-state index is 9.50. The zero-order chi connectivity index (χ0) is 16.1. The van der Waals surface area contributed by atoms with Crippen molar-refractivity contribution in [1.82, 2.24) is 4.98 Å². The van der Waals surface area contributed by atoms with E-state index in [1.807, 2.05) is 67.8 Å². The minimum absolute atomic E-state index is 0.0191. The van der Waals surface area contributed by atoms with E-state index in [1.54, 1.807) is 0 Å². The molecule has 0 atom stereocenters. The number of aliphatic hydroxyl groups is 1. The summed E-state index contributed by atoms with van der Waals surface area (Å²) in [5, 5.41) is 9.50. The van der Waals surface area contributed by atoms with Crippen molar-refractivity contribution in [2.75, 3.05) is 0 Å². The molecule has 1 aromatic heterocycles. The Morgan fingerprint density at radius 2 is 1.74 bits per heavy atom. The number of rotatable bonds is 5. The van der Waals surface area contributed by atoms with Crippen LogP contribution in [0, 0.1) is 6.92 Å². The quantitative estimate of drug-likeness (QED) is 0.770. The number of hydrogen-bond donors (Lipinski definition) is 1. The Hall–Kier alpha value is -2.65. The van der Waals surface area contributed by atoms with Gasteiger partial charge in [0.05, 0.1) is 6.61 Å². The average molecular weight is 305 g/mol. The van der Waals surface area contributed by atoms with Crippen molar-refractivity contribution in [1.29, 1.82) is 0 Å². The monoisotopic (exact) mass is 305 g/mol. The lowest BCUT2D eigenvalue weighted by atomic mass is 10.0. The zero-order valence-corrected chi connectivity index (χ0v) is 13.1. The van der Waals surface area contributed by atoms with Gasteiger partial charge in [0, 0.05) is 18.0 Å². The predicted molar refractivity (Wildman–Crippen MR) is 91.1 cm³/mol. The van der Waals surface area contributed by atoms with Crippen LogP contribution in [0.2, 0.25) is 0 Å². The maximum Gasteiger partial charge on any atom is 0.120 e. The third kappa shape index (κ3) is 3.96. The number of ether oxygens (including phenoxy) is 1. The highest BCUT2D eigenvalue weighted by atomic mass is 16.5. The molecule has 3 rings (SSSR count). The molecule has 1 N–H and O–H groups in total. The van der Waals surface area contributed by atoms with Gasteiger partial charge < -0.3 is 9.84 Å². The smallest absolute Gasteiger partial charge is 0.120 e.